The van der Waals surface area contributed by atoms with E-state index in [4.69, 9.17) is 10.8 Å². The van der Waals surface area contributed by atoms with E-state index in [1.165, 1.54) is 16.2 Å². The van der Waals surface area contributed by atoms with Crippen LogP contribution in [0.5, 0.6) is 0 Å². The first kappa shape index (κ1) is 16.2. The molecule has 0 aliphatic rings. The molecule has 1 aromatic heterocycles. The molecule has 0 aliphatic heterocycles. The van der Waals surface area contributed by atoms with E-state index in [1.54, 1.807) is 11.4 Å². The molecule has 108 valence electrons. The second-order valence-electron chi connectivity index (χ2n) is 4.47. The van der Waals surface area contributed by atoms with Crippen molar-refractivity contribution in [3.05, 3.63) is 21.9 Å². The molecule has 0 bridgehead atoms. The average molecular weight is 294 g/mol. The molecule has 20 heavy (non-hydrogen) atoms. The number of rotatable bonds is 5. The van der Waals surface area contributed by atoms with Crippen LogP contribution in [-0.4, -0.2) is 41.0 Å². The lowest BCUT2D eigenvalue weighted by Crippen LogP contribution is -2.42. The van der Waals surface area contributed by atoms with Gasteiger partial charge in [0, 0.05) is 17.8 Å². The Balaban J connectivity index is 2.85. The molecule has 0 aromatic carbocycles. The van der Waals surface area contributed by atoms with Crippen LogP contribution in [0, 0.1) is 11.8 Å². The number of primary amides is 1. The van der Waals surface area contributed by atoms with Gasteiger partial charge in [-0.25, -0.2) is 0 Å². The fourth-order valence-corrected chi connectivity index (χ4v) is 2.29. The van der Waals surface area contributed by atoms with Gasteiger partial charge >= 0.3 is 0 Å². The molecule has 0 aliphatic carbocycles. The number of carbonyl (C=O) groups is 2. The van der Waals surface area contributed by atoms with Crippen LogP contribution in [0.3, 0.4) is 0 Å². The van der Waals surface area contributed by atoms with Gasteiger partial charge in [-0.2, -0.15) is 0 Å². The number of carbonyl (C=O) groups excluding carboxylic acids is 2. The van der Waals surface area contributed by atoms with Crippen LogP contribution in [0.2, 0.25) is 0 Å². The lowest BCUT2D eigenvalue weighted by molar-refractivity contribution is -0.119. The molecule has 5 nitrogen and oxygen atoms in total. The summed E-state index contributed by atoms with van der Waals surface area (Å²) in [7, 11) is 0. The SMILES string of the molecule is CC(C)N(CC(N)=O)C(=O)c1csc(C#CCCO)c1. The monoisotopic (exact) mass is 294 g/mol. The highest BCUT2D eigenvalue weighted by Gasteiger charge is 2.21. The summed E-state index contributed by atoms with van der Waals surface area (Å²) in [6.07, 6.45) is 0.404. The Morgan fingerprint density at radius 3 is 2.75 bits per heavy atom. The highest BCUT2D eigenvalue weighted by Crippen LogP contribution is 2.16. The number of thiophene rings is 1. The van der Waals surface area contributed by atoms with Crippen LogP contribution < -0.4 is 5.73 Å². The van der Waals surface area contributed by atoms with Crippen molar-refractivity contribution in [1.29, 1.82) is 0 Å². The van der Waals surface area contributed by atoms with E-state index in [-0.39, 0.29) is 25.1 Å². The third-order valence-corrected chi connectivity index (χ3v) is 3.35. The first-order valence-electron chi connectivity index (χ1n) is 6.23. The van der Waals surface area contributed by atoms with Crippen molar-refractivity contribution < 1.29 is 14.7 Å². The summed E-state index contributed by atoms with van der Waals surface area (Å²) in [6.45, 7) is 3.58. The summed E-state index contributed by atoms with van der Waals surface area (Å²) in [6, 6.07) is 1.58. The third-order valence-electron chi connectivity index (χ3n) is 2.51. The van der Waals surface area contributed by atoms with Gasteiger partial charge in [-0.3, -0.25) is 9.59 Å². The highest BCUT2D eigenvalue weighted by molar-refractivity contribution is 7.10. The molecule has 1 heterocycles. The smallest absolute Gasteiger partial charge is 0.255 e. The minimum absolute atomic E-state index is 0.0178. The second kappa shape index (κ2) is 7.68. The predicted molar refractivity (Wildman–Crippen MR) is 78.3 cm³/mol. The average Bonchev–Trinajstić information content (AvgIpc) is 2.84. The number of amides is 2. The number of nitrogens with two attached hydrogens (primary N) is 1. The van der Waals surface area contributed by atoms with Gasteiger partial charge in [0.2, 0.25) is 5.91 Å². The quantitative estimate of drug-likeness (QED) is 0.789. The summed E-state index contributed by atoms with van der Waals surface area (Å²) >= 11 is 1.36. The predicted octanol–water partition coefficient (Wildman–Crippen LogP) is 0.818. The molecule has 1 rings (SSSR count). The molecule has 0 saturated carbocycles. The van der Waals surface area contributed by atoms with Crippen molar-refractivity contribution in [2.45, 2.75) is 26.3 Å². The summed E-state index contributed by atoms with van der Waals surface area (Å²) in [5.74, 6) is 4.91. The molecule has 0 fully saturated rings. The molecule has 0 unspecified atom stereocenters. The van der Waals surface area contributed by atoms with Crippen molar-refractivity contribution in [2.24, 2.45) is 5.73 Å². The molecular weight excluding hydrogens is 276 g/mol. The maximum atomic E-state index is 12.3. The van der Waals surface area contributed by atoms with Gasteiger partial charge in [0.15, 0.2) is 0 Å². The lowest BCUT2D eigenvalue weighted by Gasteiger charge is -2.24. The van der Waals surface area contributed by atoms with Crippen molar-refractivity contribution in [3.63, 3.8) is 0 Å². The summed E-state index contributed by atoms with van der Waals surface area (Å²) < 4.78 is 0. The van der Waals surface area contributed by atoms with Gasteiger partial charge in [-0.15, -0.1) is 11.3 Å². The number of hydrogen-bond acceptors (Lipinski definition) is 4. The minimum Gasteiger partial charge on any atom is -0.395 e. The van der Waals surface area contributed by atoms with Crippen molar-refractivity contribution in [2.75, 3.05) is 13.2 Å². The zero-order chi connectivity index (χ0) is 15.1. The summed E-state index contributed by atoms with van der Waals surface area (Å²) in [4.78, 5) is 25.5. The van der Waals surface area contributed by atoms with Gasteiger partial charge in [-0.1, -0.05) is 11.8 Å². The Labute approximate surface area is 122 Å². The molecule has 0 saturated heterocycles. The summed E-state index contributed by atoms with van der Waals surface area (Å²) in [5.41, 5.74) is 5.66. The molecule has 0 atom stereocenters. The fraction of sp³-hybridized carbons (Fsp3) is 0.429. The van der Waals surface area contributed by atoms with E-state index in [2.05, 4.69) is 11.8 Å². The van der Waals surface area contributed by atoms with E-state index in [0.717, 1.165) is 4.88 Å². The molecular formula is C14H18N2O3S. The van der Waals surface area contributed by atoms with Gasteiger partial charge in [0.05, 0.1) is 23.6 Å². The Bertz CT molecular complexity index is 540. The van der Waals surface area contributed by atoms with Gasteiger partial charge in [0.25, 0.3) is 5.91 Å². The van der Waals surface area contributed by atoms with Gasteiger partial charge in [0.1, 0.15) is 0 Å². The second-order valence-corrected chi connectivity index (χ2v) is 5.38. The zero-order valence-corrected chi connectivity index (χ0v) is 12.4. The zero-order valence-electron chi connectivity index (χ0n) is 11.5. The van der Waals surface area contributed by atoms with Crippen LogP contribution in [0.1, 0.15) is 35.5 Å². The molecule has 6 heteroatoms. The van der Waals surface area contributed by atoms with E-state index in [0.29, 0.717) is 12.0 Å². The van der Waals surface area contributed by atoms with Crippen molar-refractivity contribution in [1.82, 2.24) is 4.90 Å². The first-order valence-corrected chi connectivity index (χ1v) is 7.11. The van der Waals surface area contributed by atoms with Crippen LogP contribution in [0.25, 0.3) is 0 Å². The van der Waals surface area contributed by atoms with Crippen LogP contribution in [0.4, 0.5) is 0 Å². The number of aliphatic hydroxyl groups excluding tert-OH is 1. The summed E-state index contributed by atoms with van der Waals surface area (Å²) in [5, 5.41) is 10.4. The van der Waals surface area contributed by atoms with Gasteiger partial charge in [-0.05, 0) is 19.9 Å². The Morgan fingerprint density at radius 1 is 1.50 bits per heavy atom. The maximum absolute atomic E-state index is 12.3. The maximum Gasteiger partial charge on any atom is 0.255 e. The van der Waals surface area contributed by atoms with E-state index in [9.17, 15) is 9.59 Å². The third kappa shape index (κ3) is 4.68. The van der Waals surface area contributed by atoms with Crippen LogP contribution in [0.15, 0.2) is 11.4 Å². The topological polar surface area (TPSA) is 83.6 Å². The number of aliphatic hydroxyl groups is 1. The molecule has 3 N–H and O–H groups in total. The minimum atomic E-state index is -0.537. The Morgan fingerprint density at radius 2 is 2.20 bits per heavy atom. The number of nitrogens with zero attached hydrogens (tertiary/aromatic N) is 1. The molecule has 1 aromatic rings. The fourth-order valence-electron chi connectivity index (χ4n) is 1.54. The first-order chi connectivity index (χ1) is 9.45. The molecule has 0 radical (unpaired) electrons. The van der Waals surface area contributed by atoms with E-state index in [1.807, 2.05) is 13.8 Å². The van der Waals surface area contributed by atoms with Crippen LogP contribution >= 0.6 is 11.3 Å². The standard InChI is InChI=1S/C14H18N2O3S/c1-10(2)16(8-13(15)18)14(19)11-7-12(20-9-11)5-3-4-6-17/h7,9-10,17H,4,6,8H2,1-2H3,(H2,15,18). The van der Waals surface area contributed by atoms with E-state index < -0.39 is 5.91 Å². The van der Waals surface area contributed by atoms with E-state index >= 15 is 0 Å². The Hall–Kier alpha value is -1.84. The van der Waals surface area contributed by atoms with Gasteiger partial charge < -0.3 is 15.7 Å². The molecule has 0 spiro atoms. The number of hydrogen-bond donors (Lipinski definition) is 2. The lowest BCUT2D eigenvalue weighted by atomic mass is 10.2. The Kier molecular flexibility index (Phi) is 6.22. The highest BCUT2D eigenvalue weighted by atomic mass is 32.1. The largest absolute Gasteiger partial charge is 0.395 e. The van der Waals surface area contributed by atoms with Crippen molar-refractivity contribution >= 4 is 23.2 Å². The molecule has 2 amide bonds. The van der Waals surface area contributed by atoms with Crippen molar-refractivity contribution in [3.8, 4) is 11.8 Å². The normalized spacial score (nSPS) is 10.0. The van der Waals surface area contributed by atoms with Crippen LogP contribution in [-0.2, 0) is 4.79 Å².